The smallest absolute Gasteiger partial charge is 0.351 e. The van der Waals surface area contributed by atoms with E-state index in [0.717, 1.165) is 27.2 Å². The Morgan fingerprint density at radius 3 is 2.74 bits per heavy atom. The van der Waals surface area contributed by atoms with Gasteiger partial charge in [0.05, 0.1) is 5.69 Å². The number of nitrogens with zero attached hydrogens (tertiary/aromatic N) is 3. The maximum absolute atomic E-state index is 12.5. The summed E-state index contributed by atoms with van der Waals surface area (Å²) in [7, 11) is 0. The number of carbonyl (C=O) groups is 1. The van der Waals surface area contributed by atoms with Crippen LogP contribution in [0.1, 0.15) is 27.9 Å². The zero-order valence-corrected chi connectivity index (χ0v) is 13.8. The van der Waals surface area contributed by atoms with E-state index in [-0.39, 0.29) is 0 Å². The summed E-state index contributed by atoms with van der Waals surface area (Å²) in [5.41, 5.74) is 2.72. The summed E-state index contributed by atoms with van der Waals surface area (Å²) in [4.78, 5) is 18.3. The van der Waals surface area contributed by atoms with E-state index in [4.69, 9.17) is 10.00 Å². The van der Waals surface area contributed by atoms with Crippen LogP contribution in [0.4, 0.5) is 0 Å². The molecule has 3 aromatic rings. The van der Waals surface area contributed by atoms with E-state index in [1.54, 1.807) is 6.92 Å². The first kappa shape index (κ1) is 15.3. The number of carbonyl (C=O) groups excluding carboxylic acids is 1. The van der Waals surface area contributed by atoms with Crippen LogP contribution in [-0.2, 0) is 4.74 Å². The molecule has 0 aromatic carbocycles. The van der Waals surface area contributed by atoms with Crippen molar-refractivity contribution in [3.63, 3.8) is 0 Å². The number of ether oxygens (including phenoxy) is 1. The molecule has 6 heteroatoms. The summed E-state index contributed by atoms with van der Waals surface area (Å²) < 4.78 is 7.08. The molecule has 3 heterocycles. The lowest BCUT2D eigenvalue weighted by Crippen LogP contribution is -2.13. The molecule has 0 saturated heterocycles. The summed E-state index contributed by atoms with van der Waals surface area (Å²) in [6.45, 7) is 5.48. The van der Waals surface area contributed by atoms with Gasteiger partial charge in [-0.3, -0.25) is 0 Å². The third-order valence-electron chi connectivity index (χ3n) is 3.48. The number of pyridine rings is 1. The number of esters is 1. The van der Waals surface area contributed by atoms with Crippen molar-refractivity contribution in [3.05, 3.63) is 46.7 Å². The monoisotopic (exact) mass is 325 g/mol. The Balaban J connectivity index is 2.25. The molecule has 1 unspecified atom stereocenters. The fraction of sp³-hybridized carbons (Fsp3) is 0.235. The molecule has 1 atom stereocenters. The molecule has 23 heavy (non-hydrogen) atoms. The van der Waals surface area contributed by atoms with E-state index in [2.05, 4.69) is 4.98 Å². The van der Waals surface area contributed by atoms with Gasteiger partial charge >= 0.3 is 5.97 Å². The number of thiophene rings is 1. The summed E-state index contributed by atoms with van der Waals surface area (Å²) >= 11 is 1.30. The third kappa shape index (κ3) is 2.71. The lowest BCUT2D eigenvalue weighted by molar-refractivity contribution is 0.0441. The molecule has 0 N–H and O–H groups in total. The number of fused-ring (bicyclic) bond motifs is 1. The van der Waals surface area contributed by atoms with Gasteiger partial charge in [-0.25, -0.2) is 9.78 Å². The zero-order valence-electron chi connectivity index (χ0n) is 13.0. The van der Waals surface area contributed by atoms with Gasteiger partial charge in [0.1, 0.15) is 15.8 Å². The van der Waals surface area contributed by atoms with Gasteiger partial charge in [-0.15, -0.1) is 11.3 Å². The predicted molar refractivity (Wildman–Crippen MR) is 88.9 cm³/mol. The number of nitriles is 1. The van der Waals surface area contributed by atoms with E-state index in [9.17, 15) is 4.79 Å². The Labute approximate surface area is 137 Å². The number of hydrogen-bond donors (Lipinski definition) is 0. The van der Waals surface area contributed by atoms with Crippen molar-refractivity contribution in [1.82, 2.24) is 9.55 Å². The van der Waals surface area contributed by atoms with Gasteiger partial charge in [0, 0.05) is 23.5 Å². The summed E-state index contributed by atoms with van der Waals surface area (Å²) in [5.74, 6) is -0.497. The van der Waals surface area contributed by atoms with Crippen LogP contribution in [0.2, 0.25) is 0 Å². The highest BCUT2D eigenvalue weighted by Crippen LogP contribution is 2.36. The minimum atomic E-state index is -0.791. The Hall–Kier alpha value is -2.65. The lowest BCUT2D eigenvalue weighted by atomic mass is 10.1. The largest absolute Gasteiger partial charge is 0.443 e. The molecule has 3 rings (SSSR count). The fourth-order valence-electron chi connectivity index (χ4n) is 2.53. The standard InChI is InChI=1S/C17H15N3O2S/c1-10-8-11(2)19-16-13(10)14(20-6-4-5-7-20)15(23-16)17(21)22-12(3)9-18/h4-8,12H,1-3H3. The van der Waals surface area contributed by atoms with Crippen LogP contribution in [0, 0.1) is 25.2 Å². The normalized spacial score (nSPS) is 12.1. The van der Waals surface area contributed by atoms with Gasteiger partial charge in [0.25, 0.3) is 0 Å². The predicted octanol–water partition coefficient (Wildman–Crippen LogP) is 3.77. The molecular formula is C17H15N3O2S. The first-order chi connectivity index (χ1) is 11.0. The third-order valence-corrected chi connectivity index (χ3v) is 4.53. The second-order valence-corrected chi connectivity index (χ2v) is 6.31. The molecule has 0 amide bonds. The van der Waals surface area contributed by atoms with Gasteiger partial charge in [-0.1, -0.05) is 0 Å². The van der Waals surface area contributed by atoms with E-state index in [1.807, 2.05) is 55.1 Å². The zero-order chi connectivity index (χ0) is 16.6. The molecule has 0 aliphatic rings. The van der Waals surface area contributed by atoms with Gasteiger partial charge in [0.15, 0.2) is 6.10 Å². The van der Waals surface area contributed by atoms with E-state index >= 15 is 0 Å². The molecule has 0 fully saturated rings. The molecular weight excluding hydrogens is 310 g/mol. The van der Waals surface area contributed by atoms with Crippen LogP contribution in [0.25, 0.3) is 15.9 Å². The Morgan fingerprint density at radius 2 is 2.09 bits per heavy atom. The van der Waals surface area contributed by atoms with E-state index < -0.39 is 12.1 Å². The molecule has 0 bridgehead atoms. The van der Waals surface area contributed by atoms with Crippen molar-refractivity contribution < 1.29 is 9.53 Å². The highest BCUT2D eigenvalue weighted by molar-refractivity contribution is 7.21. The van der Waals surface area contributed by atoms with Crippen molar-refractivity contribution in [2.75, 3.05) is 0 Å². The number of aryl methyl sites for hydroxylation is 2. The summed E-state index contributed by atoms with van der Waals surface area (Å²) in [5, 5.41) is 9.80. The molecule has 0 aliphatic carbocycles. The summed E-state index contributed by atoms with van der Waals surface area (Å²) in [6.07, 6.45) is 2.97. The highest BCUT2D eigenvalue weighted by Gasteiger charge is 2.24. The molecule has 5 nitrogen and oxygen atoms in total. The van der Waals surface area contributed by atoms with Crippen LogP contribution in [0.5, 0.6) is 0 Å². The van der Waals surface area contributed by atoms with Crippen molar-refractivity contribution in [1.29, 1.82) is 5.26 Å². The highest BCUT2D eigenvalue weighted by atomic mass is 32.1. The molecule has 0 saturated carbocycles. The minimum Gasteiger partial charge on any atom is -0.443 e. The average molecular weight is 325 g/mol. The van der Waals surface area contributed by atoms with Crippen LogP contribution in [0.3, 0.4) is 0 Å². The SMILES string of the molecule is Cc1cc(C)c2c(-n3cccc3)c(C(=O)OC(C)C#N)sc2n1. The molecule has 0 aliphatic heterocycles. The first-order valence-corrected chi connectivity index (χ1v) is 7.97. The van der Waals surface area contributed by atoms with Crippen molar-refractivity contribution in [2.24, 2.45) is 0 Å². The quantitative estimate of drug-likeness (QED) is 0.687. The van der Waals surface area contributed by atoms with E-state index in [0.29, 0.717) is 4.88 Å². The second kappa shape index (κ2) is 5.86. The Bertz CT molecular complexity index is 920. The van der Waals surface area contributed by atoms with Gasteiger partial charge in [-0.2, -0.15) is 5.26 Å². The summed E-state index contributed by atoms with van der Waals surface area (Å²) in [6, 6.07) is 7.70. The van der Waals surface area contributed by atoms with E-state index in [1.165, 1.54) is 11.3 Å². The maximum Gasteiger partial charge on any atom is 0.351 e. The van der Waals surface area contributed by atoms with Crippen molar-refractivity contribution in [2.45, 2.75) is 26.9 Å². The molecule has 3 aromatic heterocycles. The van der Waals surface area contributed by atoms with Crippen molar-refractivity contribution >= 4 is 27.5 Å². The van der Waals surface area contributed by atoms with Crippen molar-refractivity contribution in [3.8, 4) is 11.8 Å². The fourth-order valence-corrected chi connectivity index (χ4v) is 3.71. The van der Waals surface area contributed by atoms with Crippen LogP contribution in [-0.4, -0.2) is 21.6 Å². The number of aromatic nitrogens is 2. The number of rotatable bonds is 3. The minimum absolute atomic E-state index is 0.458. The lowest BCUT2D eigenvalue weighted by Gasteiger charge is -2.09. The Kier molecular flexibility index (Phi) is 3.89. The van der Waals surface area contributed by atoms with Crippen LogP contribution >= 0.6 is 11.3 Å². The van der Waals surface area contributed by atoms with Crippen LogP contribution < -0.4 is 0 Å². The first-order valence-electron chi connectivity index (χ1n) is 7.16. The van der Waals surface area contributed by atoms with Gasteiger partial charge < -0.3 is 9.30 Å². The molecule has 0 spiro atoms. The second-order valence-electron chi connectivity index (χ2n) is 5.31. The Morgan fingerprint density at radius 1 is 1.39 bits per heavy atom. The average Bonchev–Trinajstić information content (AvgIpc) is 3.13. The topological polar surface area (TPSA) is 67.9 Å². The van der Waals surface area contributed by atoms with Crippen LogP contribution in [0.15, 0.2) is 30.6 Å². The molecule has 0 radical (unpaired) electrons. The number of hydrogen-bond acceptors (Lipinski definition) is 5. The molecule has 116 valence electrons. The maximum atomic E-state index is 12.5. The van der Waals surface area contributed by atoms with Gasteiger partial charge in [-0.05, 0) is 44.5 Å². The van der Waals surface area contributed by atoms with Gasteiger partial charge in [0.2, 0.25) is 0 Å².